The van der Waals surface area contributed by atoms with E-state index in [2.05, 4.69) is 0 Å². The molecule has 9 heteroatoms. The molecule has 0 amide bonds. The average Bonchev–Trinajstić information content (AvgIpc) is 3.02. The first-order valence-corrected chi connectivity index (χ1v) is 8.37. The predicted molar refractivity (Wildman–Crippen MR) is 88.9 cm³/mol. The zero-order valence-electron chi connectivity index (χ0n) is 15.2. The number of benzene rings is 1. The molecule has 148 valence electrons. The molecule has 0 aliphatic carbocycles. The lowest BCUT2D eigenvalue weighted by Gasteiger charge is -2.43. The second-order valence-corrected chi connectivity index (χ2v) is 7.18. The van der Waals surface area contributed by atoms with Gasteiger partial charge in [0.05, 0.1) is 39.7 Å². The van der Waals surface area contributed by atoms with Gasteiger partial charge in [0.1, 0.15) is 6.04 Å². The van der Waals surface area contributed by atoms with Crippen molar-refractivity contribution in [3.05, 3.63) is 29.0 Å². The molecule has 0 radical (unpaired) electrons. The maximum absolute atomic E-state index is 12.5. The molecule has 2 aliphatic heterocycles. The SMILES string of the molecule is COc1c2c(cc3c1C(CC(=O)C=C(O)C(F)(F)F)[N+](C)(C)CC3)OCO2. The summed E-state index contributed by atoms with van der Waals surface area (Å²) in [5, 5.41) is 9.09. The molecule has 1 atom stereocenters. The highest BCUT2D eigenvalue weighted by molar-refractivity contribution is 5.90. The third-order valence-electron chi connectivity index (χ3n) is 5.06. The summed E-state index contributed by atoms with van der Waals surface area (Å²) >= 11 is 0. The minimum atomic E-state index is -4.95. The van der Waals surface area contributed by atoms with Crippen molar-refractivity contribution in [3.8, 4) is 17.2 Å². The number of methoxy groups -OCH3 is 1. The van der Waals surface area contributed by atoms with Crippen molar-refractivity contribution in [3.63, 3.8) is 0 Å². The summed E-state index contributed by atoms with van der Waals surface area (Å²) in [6, 6.07) is 1.38. The zero-order valence-corrected chi connectivity index (χ0v) is 15.2. The smallest absolute Gasteiger partial charge is 0.448 e. The molecule has 0 spiro atoms. The number of aliphatic hydroxyl groups is 1. The summed E-state index contributed by atoms with van der Waals surface area (Å²) in [6.07, 6.45) is -4.22. The van der Waals surface area contributed by atoms with Gasteiger partial charge in [-0.1, -0.05) is 0 Å². The molecule has 3 rings (SSSR count). The van der Waals surface area contributed by atoms with Crippen molar-refractivity contribution in [2.24, 2.45) is 0 Å². The number of carbonyl (C=O) groups is 1. The number of quaternary nitrogens is 1. The molecule has 2 aliphatic rings. The molecule has 2 heterocycles. The van der Waals surface area contributed by atoms with Gasteiger partial charge in [0.2, 0.25) is 18.3 Å². The van der Waals surface area contributed by atoms with Crippen molar-refractivity contribution < 1.29 is 41.8 Å². The number of ketones is 1. The van der Waals surface area contributed by atoms with E-state index >= 15 is 0 Å². The largest absolute Gasteiger partial charge is 0.504 e. The van der Waals surface area contributed by atoms with Gasteiger partial charge in [0.15, 0.2) is 17.3 Å². The minimum absolute atomic E-state index is 0.0542. The Balaban J connectivity index is 2.02. The molecule has 0 bridgehead atoms. The Morgan fingerprint density at radius 3 is 2.74 bits per heavy atom. The summed E-state index contributed by atoms with van der Waals surface area (Å²) in [7, 11) is 5.27. The van der Waals surface area contributed by atoms with Crippen LogP contribution in [0, 0.1) is 0 Å². The number of rotatable bonds is 4. The summed E-state index contributed by atoms with van der Waals surface area (Å²) < 4.78 is 54.4. The Labute approximate surface area is 154 Å². The van der Waals surface area contributed by atoms with E-state index < -0.39 is 23.8 Å². The van der Waals surface area contributed by atoms with Crippen LogP contribution in [-0.4, -0.2) is 56.1 Å². The molecular weight excluding hydrogens is 367 g/mol. The summed E-state index contributed by atoms with van der Waals surface area (Å²) in [6.45, 7) is 0.737. The van der Waals surface area contributed by atoms with E-state index in [1.807, 2.05) is 20.2 Å². The highest BCUT2D eigenvalue weighted by Gasteiger charge is 2.42. The maximum atomic E-state index is 12.5. The molecular formula is C18H21F3NO5+. The van der Waals surface area contributed by atoms with E-state index in [9.17, 15) is 18.0 Å². The van der Waals surface area contributed by atoms with Crippen molar-refractivity contribution >= 4 is 5.78 Å². The third-order valence-corrected chi connectivity index (χ3v) is 5.06. The molecule has 6 nitrogen and oxygen atoms in total. The van der Waals surface area contributed by atoms with Crippen LogP contribution in [0.1, 0.15) is 23.6 Å². The van der Waals surface area contributed by atoms with Gasteiger partial charge in [-0.15, -0.1) is 0 Å². The first kappa shape index (κ1) is 19.3. The number of aliphatic hydroxyl groups excluding tert-OH is 1. The molecule has 0 saturated heterocycles. The van der Waals surface area contributed by atoms with Crippen LogP contribution in [0.4, 0.5) is 13.2 Å². The highest BCUT2D eigenvalue weighted by Crippen LogP contribution is 2.51. The van der Waals surface area contributed by atoms with E-state index in [-0.39, 0.29) is 19.3 Å². The molecule has 0 fully saturated rings. The number of nitrogens with zero attached hydrogens (tertiary/aromatic N) is 1. The number of alkyl halides is 3. The van der Waals surface area contributed by atoms with Crippen molar-refractivity contribution in [2.45, 2.75) is 25.1 Å². The number of halogens is 3. The Morgan fingerprint density at radius 2 is 2.11 bits per heavy atom. The van der Waals surface area contributed by atoms with E-state index in [4.69, 9.17) is 19.3 Å². The van der Waals surface area contributed by atoms with E-state index in [0.717, 1.165) is 11.1 Å². The molecule has 1 aromatic carbocycles. The standard InChI is InChI=1S/C18H20F3NO5/c1-22(2)5-4-10-6-13-16(27-9-26-13)17(25-3)15(10)12(22)7-11(23)8-14(24)18(19,20)21/h6,8,12H,4-5,7,9H2,1-3H3/p+1. The zero-order chi connectivity index (χ0) is 20.0. The van der Waals surface area contributed by atoms with Crippen LogP contribution in [0.2, 0.25) is 0 Å². The lowest BCUT2D eigenvalue weighted by atomic mass is 9.86. The molecule has 0 saturated carbocycles. The van der Waals surface area contributed by atoms with E-state index in [1.165, 1.54) is 7.11 Å². The van der Waals surface area contributed by atoms with Crippen LogP contribution >= 0.6 is 0 Å². The molecule has 27 heavy (non-hydrogen) atoms. The number of ether oxygens (including phenoxy) is 3. The number of fused-ring (bicyclic) bond motifs is 2. The quantitative estimate of drug-likeness (QED) is 0.488. The van der Waals surface area contributed by atoms with Crippen molar-refractivity contribution in [1.82, 2.24) is 0 Å². The van der Waals surface area contributed by atoms with Crippen molar-refractivity contribution in [2.75, 3.05) is 34.5 Å². The number of likely N-dealkylation sites (N-methyl/N-ethyl adjacent to an activating group) is 1. The fourth-order valence-corrected chi connectivity index (χ4v) is 3.60. The number of hydrogen-bond acceptors (Lipinski definition) is 5. The van der Waals surface area contributed by atoms with Gasteiger partial charge < -0.3 is 23.8 Å². The van der Waals surface area contributed by atoms with Gasteiger partial charge >= 0.3 is 6.18 Å². The monoisotopic (exact) mass is 388 g/mol. The van der Waals surface area contributed by atoms with Crippen LogP contribution in [0.3, 0.4) is 0 Å². The van der Waals surface area contributed by atoms with Crippen LogP contribution in [0.5, 0.6) is 17.2 Å². The van der Waals surface area contributed by atoms with Crippen molar-refractivity contribution in [1.29, 1.82) is 0 Å². The second kappa shape index (κ2) is 6.63. The fourth-order valence-electron chi connectivity index (χ4n) is 3.60. The summed E-state index contributed by atoms with van der Waals surface area (Å²) in [5.41, 5.74) is 1.64. The van der Waals surface area contributed by atoms with Gasteiger partial charge in [-0.05, 0) is 11.6 Å². The third kappa shape index (κ3) is 3.55. The minimum Gasteiger partial charge on any atom is -0.504 e. The lowest BCUT2D eigenvalue weighted by molar-refractivity contribution is -0.922. The Bertz CT molecular complexity index is 801. The van der Waals surface area contributed by atoms with E-state index in [1.54, 1.807) is 0 Å². The van der Waals surface area contributed by atoms with Gasteiger partial charge in [0, 0.05) is 12.5 Å². The number of carbonyl (C=O) groups excluding carboxylic acids is 1. The molecule has 0 aromatic heterocycles. The summed E-state index contributed by atoms with van der Waals surface area (Å²) in [5.74, 6) is -1.28. The number of allylic oxidation sites excluding steroid dienone is 2. The summed E-state index contributed by atoms with van der Waals surface area (Å²) in [4.78, 5) is 12.3. The van der Waals surface area contributed by atoms with Gasteiger partial charge in [0.25, 0.3) is 0 Å². The molecule has 1 unspecified atom stereocenters. The predicted octanol–water partition coefficient (Wildman–Crippen LogP) is 3.06. The fraction of sp³-hybridized carbons (Fsp3) is 0.500. The van der Waals surface area contributed by atoms with Crippen LogP contribution in [0.25, 0.3) is 0 Å². The first-order valence-electron chi connectivity index (χ1n) is 8.37. The van der Waals surface area contributed by atoms with Crippen LogP contribution < -0.4 is 14.2 Å². The maximum Gasteiger partial charge on any atom is 0.448 e. The highest BCUT2D eigenvalue weighted by atomic mass is 19.4. The topological polar surface area (TPSA) is 65.0 Å². The van der Waals surface area contributed by atoms with Crippen LogP contribution in [0.15, 0.2) is 17.9 Å². The second-order valence-electron chi connectivity index (χ2n) is 7.18. The van der Waals surface area contributed by atoms with E-state index in [0.29, 0.717) is 34.7 Å². The average molecular weight is 388 g/mol. The lowest BCUT2D eigenvalue weighted by Crippen LogP contribution is -2.48. The Morgan fingerprint density at radius 1 is 1.41 bits per heavy atom. The molecule has 1 aromatic rings. The Hall–Kier alpha value is -2.42. The molecule has 1 N–H and O–H groups in total. The van der Waals surface area contributed by atoms with Crippen LogP contribution in [-0.2, 0) is 11.2 Å². The normalized spacial score (nSPS) is 21.0. The van der Waals surface area contributed by atoms with Gasteiger partial charge in [-0.25, -0.2) is 0 Å². The van der Waals surface area contributed by atoms with Gasteiger partial charge in [-0.2, -0.15) is 13.2 Å². The Kier molecular flexibility index (Phi) is 4.75. The first-order chi connectivity index (χ1) is 12.5. The van der Waals surface area contributed by atoms with Gasteiger partial charge in [-0.3, -0.25) is 4.79 Å². The number of hydrogen-bond donors (Lipinski definition) is 1.